The summed E-state index contributed by atoms with van der Waals surface area (Å²) in [5.41, 5.74) is 0. The molecule has 1 heterocycles. The molecule has 1 aromatic rings. The third-order valence-corrected chi connectivity index (χ3v) is 4.61. The van der Waals surface area contributed by atoms with Crippen LogP contribution < -0.4 is 0 Å². The van der Waals surface area contributed by atoms with Crippen molar-refractivity contribution in [3.05, 3.63) is 29.3 Å². The van der Waals surface area contributed by atoms with E-state index in [0.717, 1.165) is 4.90 Å². The largest absolute Gasteiger partial charge is 0.467 e. The predicted molar refractivity (Wildman–Crippen MR) is 80.5 cm³/mol. The Morgan fingerprint density at radius 1 is 1.48 bits per heavy atom. The molecule has 1 aliphatic rings. The molecular weight excluding hydrogens is 314 g/mol. The minimum absolute atomic E-state index is 0.126. The van der Waals surface area contributed by atoms with Gasteiger partial charge in [-0.05, 0) is 12.1 Å². The van der Waals surface area contributed by atoms with E-state index in [-0.39, 0.29) is 18.3 Å². The fourth-order valence-corrected chi connectivity index (χ4v) is 3.14. The minimum Gasteiger partial charge on any atom is -0.467 e. The van der Waals surface area contributed by atoms with E-state index in [1.165, 1.54) is 23.8 Å². The van der Waals surface area contributed by atoms with Gasteiger partial charge in [0, 0.05) is 11.4 Å². The quantitative estimate of drug-likeness (QED) is 0.623. The molecule has 1 saturated heterocycles. The normalized spacial score (nSPS) is 18.4. The smallest absolute Gasteiger partial charge is 0.331 e. The molecule has 5 nitrogen and oxygen atoms in total. The van der Waals surface area contributed by atoms with Gasteiger partial charge in [0.05, 0.1) is 31.1 Å². The van der Waals surface area contributed by atoms with Crippen LogP contribution >= 0.6 is 23.4 Å². The second kappa shape index (κ2) is 7.68. The van der Waals surface area contributed by atoms with E-state index in [1.54, 1.807) is 6.07 Å². The Morgan fingerprint density at radius 3 is 2.95 bits per heavy atom. The first-order valence-corrected chi connectivity index (χ1v) is 7.82. The zero-order chi connectivity index (χ0) is 15.2. The van der Waals surface area contributed by atoms with Crippen LogP contribution in [-0.2, 0) is 19.1 Å². The van der Waals surface area contributed by atoms with Gasteiger partial charge in [-0.3, -0.25) is 4.79 Å². The maximum Gasteiger partial charge on any atom is 0.331 e. The number of rotatable bonds is 4. The average Bonchev–Trinajstić information content (AvgIpc) is 2.53. The number of carbonyl (C=O) groups is 2. The highest BCUT2D eigenvalue weighted by atomic mass is 35.5. The van der Waals surface area contributed by atoms with E-state index in [0.29, 0.717) is 18.2 Å². The van der Waals surface area contributed by atoms with Crippen LogP contribution in [0.5, 0.6) is 0 Å². The highest BCUT2D eigenvalue weighted by molar-refractivity contribution is 8.00. The van der Waals surface area contributed by atoms with Gasteiger partial charge in [0.25, 0.3) is 0 Å². The molecule has 0 aromatic heterocycles. The minimum atomic E-state index is -0.664. The molecule has 1 aromatic carbocycles. The summed E-state index contributed by atoms with van der Waals surface area (Å²) in [7, 11) is 1.30. The standard InChI is InChI=1S/C14H16ClNO4S/c1-19-14(18)11-8-20-7-6-16(11)13(17)9-21-12-5-3-2-4-10(12)15/h2-5,11H,6-9H2,1H3. The van der Waals surface area contributed by atoms with Crippen LogP contribution in [0.3, 0.4) is 0 Å². The summed E-state index contributed by atoms with van der Waals surface area (Å²) in [4.78, 5) is 26.4. The monoisotopic (exact) mass is 329 g/mol. The first-order chi connectivity index (χ1) is 10.1. The van der Waals surface area contributed by atoms with Crippen molar-refractivity contribution in [3.63, 3.8) is 0 Å². The molecule has 0 radical (unpaired) electrons. The number of carbonyl (C=O) groups excluding carboxylic acids is 2. The molecule has 0 saturated carbocycles. The van der Waals surface area contributed by atoms with Crippen LogP contribution in [-0.4, -0.2) is 55.4 Å². The van der Waals surface area contributed by atoms with Gasteiger partial charge in [-0.1, -0.05) is 23.7 Å². The highest BCUT2D eigenvalue weighted by Gasteiger charge is 2.33. The van der Waals surface area contributed by atoms with Gasteiger partial charge in [0.15, 0.2) is 6.04 Å². The third kappa shape index (κ3) is 4.12. The fraction of sp³-hybridized carbons (Fsp3) is 0.429. The molecule has 7 heteroatoms. The number of halogens is 1. The number of hydrogen-bond acceptors (Lipinski definition) is 5. The molecule has 1 amide bonds. The van der Waals surface area contributed by atoms with Crippen LogP contribution in [0.4, 0.5) is 0 Å². The van der Waals surface area contributed by atoms with Crippen molar-refractivity contribution in [2.75, 3.05) is 32.6 Å². The Labute approximate surface area is 132 Å². The zero-order valence-electron chi connectivity index (χ0n) is 11.6. The Morgan fingerprint density at radius 2 is 2.24 bits per heavy atom. The van der Waals surface area contributed by atoms with Crippen molar-refractivity contribution >= 4 is 35.2 Å². The Kier molecular flexibility index (Phi) is 5.90. The number of ether oxygens (including phenoxy) is 2. The molecule has 1 unspecified atom stereocenters. The lowest BCUT2D eigenvalue weighted by molar-refractivity contribution is -0.159. The van der Waals surface area contributed by atoms with Crippen molar-refractivity contribution in [3.8, 4) is 0 Å². The second-order valence-corrected chi connectivity index (χ2v) is 5.84. The molecule has 2 rings (SSSR count). The number of hydrogen-bond donors (Lipinski definition) is 0. The molecule has 21 heavy (non-hydrogen) atoms. The number of esters is 1. The van der Waals surface area contributed by atoms with Gasteiger partial charge in [-0.2, -0.15) is 0 Å². The molecule has 1 fully saturated rings. The van der Waals surface area contributed by atoms with Crippen molar-refractivity contribution in [2.45, 2.75) is 10.9 Å². The van der Waals surface area contributed by atoms with E-state index < -0.39 is 12.0 Å². The first kappa shape index (κ1) is 16.1. The zero-order valence-corrected chi connectivity index (χ0v) is 13.2. The molecule has 0 aliphatic carbocycles. The maximum absolute atomic E-state index is 12.3. The van der Waals surface area contributed by atoms with Gasteiger partial charge in [0.2, 0.25) is 5.91 Å². The molecule has 0 bridgehead atoms. The van der Waals surface area contributed by atoms with Crippen LogP contribution in [0.1, 0.15) is 0 Å². The van der Waals surface area contributed by atoms with Gasteiger partial charge in [-0.25, -0.2) is 4.79 Å². The number of methoxy groups -OCH3 is 1. The number of benzene rings is 1. The van der Waals surface area contributed by atoms with Crippen LogP contribution in [0.2, 0.25) is 5.02 Å². The van der Waals surface area contributed by atoms with E-state index >= 15 is 0 Å². The predicted octanol–water partition coefficient (Wildman–Crippen LogP) is 1.83. The summed E-state index contributed by atoms with van der Waals surface area (Å²) >= 11 is 7.41. The maximum atomic E-state index is 12.3. The first-order valence-electron chi connectivity index (χ1n) is 6.46. The van der Waals surface area contributed by atoms with Crippen molar-refractivity contribution in [1.82, 2.24) is 4.90 Å². The van der Waals surface area contributed by atoms with E-state index in [2.05, 4.69) is 0 Å². The summed E-state index contributed by atoms with van der Waals surface area (Å²) in [6.45, 7) is 0.993. The SMILES string of the molecule is COC(=O)C1COCCN1C(=O)CSc1ccccc1Cl. The Balaban J connectivity index is 1.98. The summed E-state index contributed by atoms with van der Waals surface area (Å²) in [5.74, 6) is -0.360. The van der Waals surface area contributed by atoms with Crippen LogP contribution in [0, 0.1) is 0 Å². The lowest BCUT2D eigenvalue weighted by Gasteiger charge is -2.33. The van der Waals surface area contributed by atoms with Gasteiger partial charge in [0.1, 0.15) is 0 Å². The number of morpholine rings is 1. The molecule has 0 N–H and O–H groups in total. The van der Waals surface area contributed by atoms with Gasteiger partial charge < -0.3 is 14.4 Å². The lowest BCUT2D eigenvalue weighted by Crippen LogP contribution is -2.53. The van der Waals surface area contributed by atoms with Crippen molar-refractivity contribution in [1.29, 1.82) is 0 Å². The fourth-order valence-electron chi connectivity index (χ4n) is 2.02. The number of amides is 1. The summed E-state index contributed by atoms with van der Waals surface area (Å²) in [6, 6.07) is 6.68. The summed E-state index contributed by atoms with van der Waals surface area (Å²) in [6.07, 6.45) is 0. The van der Waals surface area contributed by atoms with Crippen molar-refractivity contribution in [2.24, 2.45) is 0 Å². The number of thioether (sulfide) groups is 1. The van der Waals surface area contributed by atoms with Crippen molar-refractivity contribution < 1.29 is 19.1 Å². The third-order valence-electron chi connectivity index (χ3n) is 3.11. The Bertz CT molecular complexity index is 525. The molecule has 0 spiro atoms. The second-order valence-electron chi connectivity index (χ2n) is 4.42. The Hall–Kier alpha value is -1.24. The molecule has 114 valence electrons. The van der Waals surface area contributed by atoms with Crippen LogP contribution in [0.25, 0.3) is 0 Å². The van der Waals surface area contributed by atoms with Gasteiger partial charge >= 0.3 is 5.97 Å². The van der Waals surface area contributed by atoms with E-state index in [1.807, 2.05) is 18.2 Å². The average molecular weight is 330 g/mol. The van der Waals surface area contributed by atoms with E-state index in [4.69, 9.17) is 21.1 Å². The molecule has 1 aliphatic heterocycles. The summed E-state index contributed by atoms with van der Waals surface area (Å²) < 4.78 is 9.96. The molecule has 1 atom stereocenters. The topological polar surface area (TPSA) is 55.8 Å². The van der Waals surface area contributed by atoms with Crippen LogP contribution in [0.15, 0.2) is 29.2 Å². The summed E-state index contributed by atoms with van der Waals surface area (Å²) in [5, 5.41) is 0.613. The van der Waals surface area contributed by atoms with Gasteiger partial charge in [-0.15, -0.1) is 11.8 Å². The lowest BCUT2D eigenvalue weighted by atomic mass is 10.2. The highest BCUT2D eigenvalue weighted by Crippen LogP contribution is 2.27. The molecular formula is C14H16ClNO4S. The van der Waals surface area contributed by atoms with E-state index in [9.17, 15) is 9.59 Å². The number of nitrogens with zero attached hydrogens (tertiary/aromatic N) is 1.